The van der Waals surface area contributed by atoms with Crippen LogP contribution in [0.15, 0.2) is 16.9 Å². The Hall–Kier alpha value is -1.86. The Labute approximate surface area is 145 Å². The minimum atomic E-state index is -1.02. The lowest BCUT2D eigenvalue weighted by molar-refractivity contribution is 0.154. The molecule has 1 aromatic heterocycles. The first-order valence-corrected chi connectivity index (χ1v) is 8.91. The number of fused-ring (bicyclic) bond motifs is 1. The highest BCUT2D eigenvalue weighted by atomic mass is 19.2. The third-order valence-electron chi connectivity index (χ3n) is 4.79. The summed E-state index contributed by atoms with van der Waals surface area (Å²) in [6.45, 7) is 7.95. The molecule has 1 aliphatic heterocycles. The molecule has 1 aromatic carbocycles. The third-order valence-corrected chi connectivity index (χ3v) is 4.79. The number of hydrogen-bond acceptors (Lipinski definition) is 4. The van der Waals surface area contributed by atoms with E-state index in [1.807, 2.05) is 6.92 Å². The van der Waals surface area contributed by atoms with E-state index in [0.717, 1.165) is 51.2 Å². The van der Waals surface area contributed by atoms with Gasteiger partial charge in [-0.15, -0.1) is 0 Å². The van der Waals surface area contributed by atoms with Gasteiger partial charge in [-0.3, -0.25) is 14.3 Å². The van der Waals surface area contributed by atoms with E-state index >= 15 is 0 Å². The molecule has 25 heavy (non-hydrogen) atoms. The SMILES string of the molecule is CCCC(c1nc2cc(F)c(F)cc2c(=O)n1CC)N1CCNCC1. The van der Waals surface area contributed by atoms with Crippen LogP contribution in [0.1, 0.15) is 38.6 Å². The van der Waals surface area contributed by atoms with Gasteiger partial charge in [0.05, 0.1) is 16.9 Å². The number of benzene rings is 1. The maximum Gasteiger partial charge on any atom is 0.261 e. The Kier molecular flexibility index (Phi) is 5.44. The van der Waals surface area contributed by atoms with Crippen molar-refractivity contribution in [2.45, 2.75) is 39.3 Å². The normalized spacial score (nSPS) is 17.1. The molecule has 5 nitrogen and oxygen atoms in total. The molecule has 1 unspecified atom stereocenters. The molecule has 0 amide bonds. The second kappa shape index (κ2) is 7.58. The lowest BCUT2D eigenvalue weighted by Crippen LogP contribution is -2.46. The summed E-state index contributed by atoms with van der Waals surface area (Å²) in [7, 11) is 0. The molecule has 1 N–H and O–H groups in total. The highest BCUT2D eigenvalue weighted by Crippen LogP contribution is 2.26. The largest absolute Gasteiger partial charge is 0.314 e. The Morgan fingerprint density at radius 2 is 1.88 bits per heavy atom. The predicted molar refractivity (Wildman–Crippen MR) is 93.7 cm³/mol. The van der Waals surface area contributed by atoms with Crippen molar-refractivity contribution in [1.29, 1.82) is 0 Å². The van der Waals surface area contributed by atoms with E-state index in [1.165, 1.54) is 0 Å². The van der Waals surface area contributed by atoms with E-state index in [1.54, 1.807) is 4.57 Å². The van der Waals surface area contributed by atoms with E-state index < -0.39 is 11.6 Å². The molecule has 136 valence electrons. The Morgan fingerprint density at radius 3 is 2.52 bits per heavy atom. The lowest BCUT2D eigenvalue weighted by Gasteiger charge is -2.35. The molecule has 0 saturated carbocycles. The van der Waals surface area contributed by atoms with E-state index in [-0.39, 0.29) is 22.5 Å². The molecule has 0 spiro atoms. The van der Waals surface area contributed by atoms with Crippen molar-refractivity contribution in [2.75, 3.05) is 26.2 Å². The van der Waals surface area contributed by atoms with Crippen LogP contribution >= 0.6 is 0 Å². The van der Waals surface area contributed by atoms with Crippen LogP contribution in [0.3, 0.4) is 0 Å². The number of aromatic nitrogens is 2. The lowest BCUT2D eigenvalue weighted by atomic mass is 10.1. The van der Waals surface area contributed by atoms with E-state index in [0.29, 0.717) is 12.4 Å². The van der Waals surface area contributed by atoms with Gasteiger partial charge in [-0.1, -0.05) is 13.3 Å². The quantitative estimate of drug-likeness (QED) is 0.900. The fourth-order valence-electron chi connectivity index (χ4n) is 3.54. The van der Waals surface area contributed by atoms with Gasteiger partial charge in [0.15, 0.2) is 11.6 Å². The van der Waals surface area contributed by atoms with Crippen molar-refractivity contribution in [1.82, 2.24) is 19.8 Å². The zero-order valence-corrected chi connectivity index (χ0v) is 14.7. The van der Waals surface area contributed by atoms with Crippen molar-refractivity contribution in [3.8, 4) is 0 Å². The summed E-state index contributed by atoms with van der Waals surface area (Å²) in [4.78, 5) is 19.8. The van der Waals surface area contributed by atoms with Gasteiger partial charge in [-0.2, -0.15) is 0 Å². The van der Waals surface area contributed by atoms with Crippen molar-refractivity contribution < 1.29 is 8.78 Å². The molecular weight excluding hydrogens is 326 g/mol. The first-order chi connectivity index (χ1) is 12.1. The second-order valence-electron chi connectivity index (χ2n) is 6.39. The fraction of sp³-hybridized carbons (Fsp3) is 0.556. The van der Waals surface area contributed by atoms with Gasteiger partial charge in [-0.25, -0.2) is 13.8 Å². The zero-order valence-electron chi connectivity index (χ0n) is 14.7. The summed E-state index contributed by atoms with van der Waals surface area (Å²) in [5, 5.41) is 3.45. The first kappa shape index (κ1) is 17.9. The van der Waals surface area contributed by atoms with Gasteiger partial charge in [0.1, 0.15) is 5.82 Å². The molecule has 0 radical (unpaired) electrons. The molecule has 2 aromatic rings. The smallest absolute Gasteiger partial charge is 0.261 e. The molecular formula is C18H24F2N4O. The van der Waals surface area contributed by atoms with E-state index in [2.05, 4.69) is 22.1 Å². The third kappa shape index (κ3) is 3.43. The standard InChI is InChI=1S/C18H24F2N4O/c1-3-5-16(23-8-6-21-7-9-23)17-22-15-11-14(20)13(19)10-12(15)18(25)24(17)4-2/h10-11,16,21H,3-9H2,1-2H3. The minimum Gasteiger partial charge on any atom is -0.314 e. The average molecular weight is 350 g/mol. The average Bonchev–Trinajstić information content (AvgIpc) is 2.62. The summed E-state index contributed by atoms with van der Waals surface area (Å²) in [6.07, 6.45) is 1.81. The summed E-state index contributed by atoms with van der Waals surface area (Å²) in [5.41, 5.74) is -0.0857. The van der Waals surface area contributed by atoms with Gasteiger partial charge in [0.2, 0.25) is 0 Å². The number of piperazine rings is 1. The summed E-state index contributed by atoms with van der Waals surface area (Å²) >= 11 is 0. The van der Waals surface area contributed by atoms with Crippen LogP contribution in [0.4, 0.5) is 8.78 Å². The van der Waals surface area contributed by atoms with Crippen LogP contribution in [-0.4, -0.2) is 40.6 Å². The van der Waals surface area contributed by atoms with Crippen molar-refractivity contribution in [3.05, 3.63) is 39.9 Å². The maximum absolute atomic E-state index is 13.7. The molecule has 1 atom stereocenters. The maximum atomic E-state index is 13.7. The molecule has 1 aliphatic rings. The van der Waals surface area contributed by atoms with Crippen LogP contribution in [0.5, 0.6) is 0 Å². The zero-order chi connectivity index (χ0) is 18.0. The number of nitrogens with one attached hydrogen (secondary N) is 1. The van der Waals surface area contributed by atoms with Crippen LogP contribution < -0.4 is 10.9 Å². The molecule has 7 heteroatoms. The first-order valence-electron chi connectivity index (χ1n) is 8.91. The Balaban J connectivity index is 2.18. The molecule has 0 bridgehead atoms. The van der Waals surface area contributed by atoms with Crippen molar-refractivity contribution >= 4 is 10.9 Å². The molecule has 1 saturated heterocycles. The van der Waals surface area contributed by atoms with Gasteiger partial charge >= 0.3 is 0 Å². The second-order valence-corrected chi connectivity index (χ2v) is 6.39. The molecule has 2 heterocycles. The number of hydrogen-bond donors (Lipinski definition) is 1. The van der Waals surface area contributed by atoms with Gasteiger partial charge in [-0.05, 0) is 19.4 Å². The van der Waals surface area contributed by atoms with Crippen LogP contribution in [-0.2, 0) is 6.54 Å². The number of nitrogens with zero attached hydrogens (tertiary/aromatic N) is 3. The van der Waals surface area contributed by atoms with Crippen LogP contribution in [0.2, 0.25) is 0 Å². The van der Waals surface area contributed by atoms with Crippen molar-refractivity contribution in [2.24, 2.45) is 0 Å². The van der Waals surface area contributed by atoms with Gasteiger partial charge in [0.25, 0.3) is 5.56 Å². The molecule has 0 aliphatic carbocycles. The minimum absolute atomic E-state index is 0.00253. The van der Waals surface area contributed by atoms with E-state index in [9.17, 15) is 13.6 Å². The van der Waals surface area contributed by atoms with E-state index in [4.69, 9.17) is 0 Å². The highest BCUT2D eigenvalue weighted by Gasteiger charge is 2.26. The number of halogens is 2. The monoisotopic (exact) mass is 350 g/mol. The van der Waals surface area contributed by atoms with Gasteiger partial charge < -0.3 is 5.32 Å². The van der Waals surface area contributed by atoms with Crippen LogP contribution in [0, 0.1) is 11.6 Å². The topological polar surface area (TPSA) is 50.2 Å². The van der Waals surface area contributed by atoms with Crippen molar-refractivity contribution in [3.63, 3.8) is 0 Å². The van der Waals surface area contributed by atoms with Crippen LogP contribution in [0.25, 0.3) is 10.9 Å². The molecule has 1 fully saturated rings. The Bertz CT molecular complexity index is 815. The fourth-order valence-corrected chi connectivity index (χ4v) is 3.54. The Morgan fingerprint density at radius 1 is 1.20 bits per heavy atom. The summed E-state index contributed by atoms with van der Waals surface area (Å²) in [5.74, 6) is -1.35. The van der Waals surface area contributed by atoms with Gasteiger partial charge in [0, 0.05) is 38.8 Å². The number of rotatable bonds is 5. The predicted octanol–water partition coefficient (Wildman–Crippen LogP) is 2.44. The highest BCUT2D eigenvalue weighted by molar-refractivity contribution is 5.77. The summed E-state index contributed by atoms with van der Waals surface area (Å²) < 4.78 is 28.8. The molecule has 3 rings (SSSR count). The summed E-state index contributed by atoms with van der Waals surface area (Å²) in [6, 6.07) is 1.98.